The summed E-state index contributed by atoms with van der Waals surface area (Å²) in [6.07, 6.45) is 0. The van der Waals surface area contributed by atoms with Crippen molar-refractivity contribution in [3.05, 3.63) is 12.1 Å². The predicted molar refractivity (Wildman–Crippen MR) is 75.6 cm³/mol. The summed E-state index contributed by atoms with van der Waals surface area (Å²) in [4.78, 5) is 11.5. The zero-order valence-corrected chi connectivity index (χ0v) is 12.2. The Morgan fingerprint density at radius 1 is 1.16 bits per heavy atom. The number of hydrogen-bond donors (Lipinski definition) is 2. The monoisotopic (exact) mass is 290 g/mol. The van der Waals surface area contributed by atoms with Crippen molar-refractivity contribution < 1.29 is 19.0 Å². The number of hydrogen-bond acceptors (Lipinski definition) is 5. The van der Waals surface area contributed by atoms with Gasteiger partial charge in [-0.15, -0.1) is 12.4 Å². The summed E-state index contributed by atoms with van der Waals surface area (Å²) in [5.74, 6) is 1.12. The van der Waals surface area contributed by atoms with Crippen LogP contribution in [0.1, 0.15) is 6.92 Å². The molecule has 3 N–H and O–H groups in total. The summed E-state index contributed by atoms with van der Waals surface area (Å²) in [5, 5.41) is 2.66. The summed E-state index contributed by atoms with van der Waals surface area (Å²) in [6, 6.07) is 2.69. The molecule has 0 radical (unpaired) electrons. The van der Waals surface area contributed by atoms with E-state index in [4.69, 9.17) is 19.9 Å². The van der Waals surface area contributed by atoms with Crippen molar-refractivity contribution in [1.29, 1.82) is 0 Å². The number of carbonyl (C=O) groups excluding carboxylic acids is 1. The van der Waals surface area contributed by atoms with Gasteiger partial charge in [-0.25, -0.2) is 0 Å². The second-order valence-electron chi connectivity index (χ2n) is 3.69. The van der Waals surface area contributed by atoms with Gasteiger partial charge in [-0.1, -0.05) is 0 Å². The van der Waals surface area contributed by atoms with Gasteiger partial charge in [0.25, 0.3) is 0 Å². The van der Waals surface area contributed by atoms with E-state index >= 15 is 0 Å². The molecule has 0 heterocycles. The van der Waals surface area contributed by atoms with E-state index in [9.17, 15) is 4.79 Å². The maximum Gasteiger partial charge on any atom is 0.241 e. The Bertz CT molecular complexity index is 413. The van der Waals surface area contributed by atoms with Crippen LogP contribution < -0.4 is 25.3 Å². The minimum absolute atomic E-state index is 0. The molecule has 1 aromatic carbocycles. The minimum Gasteiger partial charge on any atom is -0.493 e. The van der Waals surface area contributed by atoms with Crippen LogP contribution in [0, 0.1) is 0 Å². The quantitative estimate of drug-likeness (QED) is 0.857. The highest BCUT2D eigenvalue weighted by Crippen LogP contribution is 2.39. The SMILES string of the molecule is COc1cc(NC(=O)[C@H](C)N)cc(OC)c1OC.Cl. The van der Waals surface area contributed by atoms with E-state index in [1.54, 1.807) is 19.1 Å². The van der Waals surface area contributed by atoms with Gasteiger partial charge in [-0.2, -0.15) is 0 Å². The topological polar surface area (TPSA) is 82.8 Å². The largest absolute Gasteiger partial charge is 0.493 e. The second kappa shape index (κ2) is 7.70. The number of amides is 1. The van der Waals surface area contributed by atoms with Crippen molar-refractivity contribution in [2.75, 3.05) is 26.6 Å². The van der Waals surface area contributed by atoms with Crippen molar-refractivity contribution in [3.8, 4) is 17.2 Å². The summed E-state index contributed by atoms with van der Waals surface area (Å²) in [5.41, 5.74) is 6.02. The van der Waals surface area contributed by atoms with Crippen LogP contribution in [0.25, 0.3) is 0 Å². The number of benzene rings is 1. The molecule has 0 unspecified atom stereocenters. The Morgan fingerprint density at radius 2 is 1.63 bits per heavy atom. The zero-order valence-electron chi connectivity index (χ0n) is 11.4. The molecule has 0 spiro atoms. The number of anilines is 1. The van der Waals surface area contributed by atoms with Gasteiger partial charge in [0.05, 0.1) is 27.4 Å². The molecule has 6 nitrogen and oxygen atoms in total. The van der Waals surface area contributed by atoms with Crippen LogP contribution in [0.4, 0.5) is 5.69 Å². The van der Waals surface area contributed by atoms with E-state index in [-0.39, 0.29) is 18.3 Å². The van der Waals surface area contributed by atoms with Gasteiger partial charge >= 0.3 is 0 Å². The van der Waals surface area contributed by atoms with E-state index in [0.717, 1.165) is 0 Å². The molecule has 1 atom stereocenters. The van der Waals surface area contributed by atoms with Crippen LogP contribution in [0.3, 0.4) is 0 Å². The number of methoxy groups -OCH3 is 3. The molecule has 0 saturated heterocycles. The lowest BCUT2D eigenvalue weighted by molar-refractivity contribution is -0.117. The highest BCUT2D eigenvalue weighted by atomic mass is 35.5. The van der Waals surface area contributed by atoms with E-state index in [0.29, 0.717) is 22.9 Å². The first-order valence-electron chi connectivity index (χ1n) is 5.40. The van der Waals surface area contributed by atoms with Crippen molar-refractivity contribution in [1.82, 2.24) is 0 Å². The molecule has 1 rings (SSSR count). The number of nitrogens with two attached hydrogens (primary N) is 1. The molecule has 19 heavy (non-hydrogen) atoms. The smallest absolute Gasteiger partial charge is 0.241 e. The van der Waals surface area contributed by atoms with E-state index in [1.807, 2.05) is 0 Å². The molecule has 0 saturated carbocycles. The maximum absolute atomic E-state index is 11.5. The number of rotatable bonds is 5. The summed E-state index contributed by atoms with van der Waals surface area (Å²) in [7, 11) is 4.53. The van der Waals surface area contributed by atoms with Gasteiger partial charge in [0.15, 0.2) is 11.5 Å². The first kappa shape index (κ1) is 17.3. The lowest BCUT2D eigenvalue weighted by Gasteiger charge is -2.15. The summed E-state index contributed by atoms with van der Waals surface area (Å²) >= 11 is 0. The molecule has 0 aliphatic carbocycles. The van der Waals surface area contributed by atoms with Crippen molar-refractivity contribution in [2.24, 2.45) is 5.73 Å². The van der Waals surface area contributed by atoms with Gasteiger partial charge in [-0.3, -0.25) is 4.79 Å². The fourth-order valence-corrected chi connectivity index (χ4v) is 1.41. The molecule has 0 aromatic heterocycles. The first-order chi connectivity index (χ1) is 8.53. The van der Waals surface area contributed by atoms with E-state index in [1.165, 1.54) is 21.3 Å². The zero-order chi connectivity index (χ0) is 13.7. The number of ether oxygens (including phenoxy) is 3. The summed E-state index contributed by atoms with van der Waals surface area (Å²) < 4.78 is 15.5. The minimum atomic E-state index is -0.593. The number of halogens is 1. The molecular formula is C12H19ClN2O4. The van der Waals surface area contributed by atoms with Crippen molar-refractivity contribution in [2.45, 2.75) is 13.0 Å². The fourth-order valence-electron chi connectivity index (χ4n) is 1.41. The molecule has 108 valence electrons. The van der Waals surface area contributed by atoms with E-state index < -0.39 is 6.04 Å². The van der Waals surface area contributed by atoms with Crippen LogP contribution in [-0.2, 0) is 4.79 Å². The predicted octanol–water partition coefficient (Wildman–Crippen LogP) is 1.42. The van der Waals surface area contributed by atoms with Gasteiger partial charge in [-0.05, 0) is 6.92 Å². The van der Waals surface area contributed by atoms with Crippen LogP contribution >= 0.6 is 12.4 Å². The van der Waals surface area contributed by atoms with Crippen LogP contribution in [0.5, 0.6) is 17.2 Å². The molecule has 7 heteroatoms. The normalized spacial score (nSPS) is 11.0. The number of carbonyl (C=O) groups is 1. The number of nitrogens with one attached hydrogen (secondary N) is 1. The highest BCUT2D eigenvalue weighted by molar-refractivity contribution is 5.95. The molecule has 1 amide bonds. The highest BCUT2D eigenvalue weighted by Gasteiger charge is 2.15. The Labute approximate surface area is 118 Å². The lowest BCUT2D eigenvalue weighted by atomic mass is 10.2. The Morgan fingerprint density at radius 3 is 1.95 bits per heavy atom. The van der Waals surface area contributed by atoms with Gasteiger partial charge < -0.3 is 25.3 Å². The molecule has 0 aliphatic heterocycles. The second-order valence-corrected chi connectivity index (χ2v) is 3.69. The van der Waals surface area contributed by atoms with Crippen molar-refractivity contribution in [3.63, 3.8) is 0 Å². The average Bonchev–Trinajstić information content (AvgIpc) is 2.37. The molecular weight excluding hydrogens is 272 g/mol. The first-order valence-corrected chi connectivity index (χ1v) is 5.40. The van der Waals surface area contributed by atoms with Crippen LogP contribution in [0.2, 0.25) is 0 Å². The third-order valence-electron chi connectivity index (χ3n) is 2.35. The maximum atomic E-state index is 11.5. The molecule has 1 aromatic rings. The van der Waals surface area contributed by atoms with Crippen molar-refractivity contribution >= 4 is 24.0 Å². The molecule has 0 bridgehead atoms. The Kier molecular flexibility index (Phi) is 7.03. The van der Waals surface area contributed by atoms with Crippen LogP contribution in [-0.4, -0.2) is 33.3 Å². The Balaban J connectivity index is 0.00000324. The fraction of sp³-hybridized carbons (Fsp3) is 0.417. The van der Waals surface area contributed by atoms with Gasteiger partial charge in [0.2, 0.25) is 11.7 Å². The molecule has 0 fully saturated rings. The third-order valence-corrected chi connectivity index (χ3v) is 2.35. The molecule has 0 aliphatic rings. The Hall–Kier alpha value is -1.66. The lowest BCUT2D eigenvalue weighted by Crippen LogP contribution is -2.32. The standard InChI is InChI=1S/C12H18N2O4.ClH/c1-7(13)12(15)14-8-5-9(16-2)11(18-4)10(6-8)17-3;/h5-7H,13H2,1-4H3,(H,14,15);1H/t7-;/m0./s1. The third kappa shape index (κ3) is 4.18. The van der Waals surface area contributed by atoms with Gasteiger partial charge in [0, 0.05) is 17.8 Å². The van der Waals surface area contributed by atoms with Crippen LogP contribution in [0.15, 0.2) is 12.1 Å². The summed E-state index contributed by atoms with van der Waals surface area (Å²) in [6.45, 7) is 1.60. The van der Waals surface area contributed by atoms with Gasteiger partial charge in [0.1, 0.15) is 0 Å². The van der Waals surface area contributed by atoms with E-state index in [2.05, 4.69) is 5.32 Å². The average molecular weight is 291 g/mol.